The van der Waals surface area contributed by atoms with Crippen molar-refractivity contribution in [3.05, 3.63) is 0 Å². The first kappa shape index (κ1) is 14.0. The Morgan fingerprint density at radius 3 is 2.81 bits per heavy atom. The van der Waals surface area contributed by atoms with E-state index in [1.807, 2.05) is 0 Å². The minimum atomic E-state index is 0.373. The van der Waals surface area contributed by atoms with Crippen molar-refractivity contribution in [3.63, 3.8) is 0 Å². The Hall–Kier alpha value is -0.0800. The third-order valence-electron chi connectivity index (χ3n) is 3.91. The highest BCUT2D eigenvalue weighted by Crippen LogP contribution is 2.28. The minimum absolute atomic E-state index is 0.373. The highest BCUT2D eigenvalue weighted by atomic mass is 16.5. The van der Waals surface area contributed by atoms with Gasteiger partial charge in [-0.3, -0.25) is 0 Å². The second kappa shape index (κ2) is 8.08. The molecule has 1 fully saturated rings. The molecule has 0 heterocycles. The van der Waals surface area contributed by atoms with Crippen LogP contribution < -0.4 is 5.73 Å². The number of rotatable bonds is 7. The second-order valence-corrected chi connectivity index (χ2v) is 5.24. The molecule has 2 nitrogen and oxygen atoms in total. The van der Waals surface area contributed by atoms with Gasteiger partial charge < -0.3 is 10.5 Å². The van der Waals surface area contributed by atoms with E-state index in [0.29, 0.717) is 12.1 Å². The fourth-order valence-corrected chi connectivity index (χ4v) is 2.56. The van der Waals surface area contributed by atoms with Gasteiger partial charge in [-0.15, -0.1) is 0 Å². The lowest BCUT2D eigenvalue weighted by Gasteiger charge is -2.28. The van der Waals surface area contributed by atoms with Crippen molar-refractivity contribution in [3.8, 4) is 0 Å². The summed E-state index contributed by atoms with van der Waals surface area (Å²) in [6.07, 6.45) is 10.5. The molecule has 1 aliphatic carbocycles. The molecule has 2 N–H and O–H groups in total. The molecule has 0 bridgehead atoms. The van der Waals surface area contributed by atoms with Gasteiger partial charge in [0, 0.05) is 12.6 Å². The van der Waals surface area contributed by atoms with E-state index in [9.17, 15) is 0 Å². The Balaban J connectivity index is 2.04. The van der Waals surface area contributed by atoms with E-state index in [1.165, 1.54) is 32.1 Å². The lowest BCUT2D eigenvalue weighted by atomic mass is 9.85. The molecule has 0 radical (unpaired) electrons. The largest absolute Gasteiger partial charge is 0.378 e. The molecule has 0 spiro atoms. The molecule has 1 aliphatic rings. The highest BCUT2D eigenvalue weighted by molar-refractivity contribution is 4.72. The van der Waals surface area contributed by atoms with Crippen LogP contribution in [0.1, 0.15) is 65.2 Å². The maximum Gasteiger partial charge on any atom is 0.0577 e. The van der Waals surface area contributed by atoms with Gasteiger partial charge >= 0.3 is 0 Å². The van der Waals surface area contributed by atoms with Crippen LogP contribution in [0.5, 0.6) is 0 Å². The molecule has 0 aromatic carbocycles. The fraction of sp³-hybridized carbons (Fsp3) is 1.00. The van der Waals surface area contributed by atoms with E-state index in [4.69, 9.17) is 10.5 Å². The summed E-state index contributed by atoms with van der Waals surface area (Å²) in [5.74, 6) is 0.914. The van der Waals surface area contributed by atoms with Gasteiger partial charge in [0.25, 0.3) is 0 Å². The van der Waals surface area contributed by atoms with Gasteiger partial charge in [-0.25, -0.2) is 0 Å². The van der Waals surface area contributed by atoms with Crippen molar-refractivity contribution in [1.82, 2.24) is 0 Å². The van der Waals surface area contributed by atoms with E-state index in [1.54, 1.807) is 0 Å². The molecule has 96 valence electrons. The van der Waals surface area contributed by atoms with Crippen molar-refractivity contribution < 1.29 is 4.74 Å². The lowest BCUT2D eigenvalue weighted by molar-refractivity contribution is 0.0103. The molecular weight excluding hydrogens is 198 g/mol. The van der Waals surface area contributed by atoms with Crippen LogP contribution in [0.4, 0.5) is 0 Å². The maximum absolute atomic E-state index is 5.95. The molecule has 1 saturated carbocycles. The third-order valence-corrected chi connectivity index (χ3v) is 3.91. The van der Waals surface area contributed by atoms with Crippen LogP contribution in [-0.4, -0.2) is 18.8 Å². The summed E-state index contributed by atoms with van der Waals surface area (Å²) in [5.41, 5.74) is 5.88. The van der Waals surface area contributed by atoms with Gasteiger partial charge in [0.05, 0.1) is 6.10 Å². The number of nitrogens with two attached hydrogens (primary N) is 1. The number of ether oxygens (including phenoxy) is 1. The van der Waals surface area contributed by atoms with Crippen molar-refractivity contribution in [1.29, 1.82) is 0 Å². The van der Waals surface area contributed by atoms with Gasteiger partial charge in [-0.1, -0.05) is 33.1 Å². The average molecular weight is 227 g/mol. The van der Waals surface area contributed by atoms with Gasteiger partial charge in [0.15, 0.2) is 0 Å². The molecule has 16 heavy (non-hydrogen) atoms. The normalized spacial score (nSPS) is 27.9. The van der Waals surface area contributed by atoms with Crippen molar-refractivity contribution in [2.24, 2.45) is 11.7 Å². The summed E-state index contributed by atoms with van der Waals surface area (Å²) in [6.45, 7) is 5.36. The van der Waals surface area contributed by atoms with Gasteiger partial charge in [-0.2, -0.15) is 0 Å². The van der Waals surface area contributed by atoms with Crippen LogP contribution in [-0.2, 0) is 4.74 Å². The van der Waals surface area contributed by atoms with Crippen LogP contribution in [0.25, 0.3) is 0 Å². The van der Waals surface area contributed by atoms with E-state index in [2.05, 4.69) is 13.8 Å². The van der Waals surface area contributed by atoms with Crippen LogP contribution in [0.3, 0.4) is 0 Å². The standard InChI is InChI=1S/C14H29NO/c1-3-12-7-5-9-14(11-12)16-10-6-8-13(15)4-2/h12-14H,3-11,15H2,1-2H3. The van der Waals surface area contributed by atoms with Crippen molar-refractivity contribution in [2.45, 2.75) is 77.4 Å². The predicted octanol–water partition coefficient (Wildman–Crippen LogP) is 3.49. The molecule has 0 saturated heterocycles. The predicted molar refractivity (Wildman–Crippen MR) is 69.5 cm³/mol. The Kier molecular flexibility index (Phi) is 7.06. The SMILES string of the molecule is CCC(N)CCCOC1CCCC(CC)C1. The first-order valence-electron chi connectivity index (χ1n) is 7.13. The zero-order valence-electron chi connectivity index (χ0n) is 11.1. The summed E-state index contributed by atoms with van der Waals surface area (Å²) in [5, 5.41) is 0. The summed E-state index contributed by atoms with van der Waals surface area (Å²) in [4.78, 5) is 0. The van der Waals surface area contributed by atoms with E-state index in [-0.39, 0.29) is 0 Å². The second-order valence-electron chi connectivity index (χ2n) is 5.24. The van der Waals surface area contributed by atoms with Crippen LogP contribution >= 0.6 is 0 Å². The molecule has 0 aliphatic heterocycles. The summed E-state index contributed by atoms with van der Waals surface area (Å²) < 4.78 is 5.95. The molecule has 3 atom stereocenters. The molecule has 2 heteroatoms. The molecule has 0 aromatic rings. The summed E-state index contributed by atoms with van der Waals surface area (Å²) in [6, 6.07) is 0.373. The van der Waals surface area contributed by atoms with Gasteiger partial charge in [0.2, 0.25) is 0 Å². The van der Waals surface area contributed by atoms with Gasteiger partial charge in [0.1, 0.15) is 0 Å². The Morgan fingerprint density at radius 2 is 2.12 bits per heavy atom. The van der Waals surface area contributed by atoms with Gasteiger partial charge in [-0.05, 0) is 38.0 Å². The summed E-state index contributed by atoms with van der Waals surface area (Å²) in [7, 11) is 0. The quantitative estimate of drug-likeness (QED) is 0.676. The minimum Gasteiger partial charge on any atom is -0.378 e. The van der Waals surface area contributed by atoms with E-state index in [0.717, 1.165) is 31.8 Å². The summed E-state index contributed by atoms with van der Waals surface area (Å²) >= 11 is 0. The zero-order valence-corrected chi connectivity index (χ0v) is 11.1. The molecule has 3 unspecified atom stereocenters. The maximum atomic E-state index is 5.95. The van der Waals surface area contributed by atoms with Crippen molar-refractivity contribution >= 4 is 0 Å². The number of hydrogen-bond acceptors (Lipinski definition) is 2. The molecule has 0 aromatic heterocycles. The Labute approximate surface area is 101 Å². The monoisotopic (exact) mass is 227 g/mol. The van der Waals surface area contributed by atoms with E-state index >= 15 is 0 Å². The first-order chi connectivity index (χ1) is 7.76. The molecule has 1 rings (SSSR count). The topological polar surface area (TPSA) is 35.2 Å². The lowest BCUT2D eigenvalue weighted by Crippen LogP contribution is -2.24. The Morgan fingerprint density at radius 1 is 1.31 bits per heavy atom. The Bertz CT molecular complexity index is 172. The van der Waals surface area contributed by atoms with Crippen LogP contribution in [0, 0.1) is 5.92 Å². The highest BCUT2D eigenvalue weighted by Gasteiger charge is 2.20. The molecule has 0 amide bonds. The van der Waals surface area contributed by atoms with Crippen molar-refractivity contribution in [2.75, 3.05) is 6.61 Å². The smallest absolute Gasteiger partial charge is 0.0577 e. The number of hydrogen-bond donors (Lipinski definition) is 1. The van der Waals surface area contributed by atoms with E-state index < -0.39 is 0 Å². The third kappa shape index (κ3) is 5.31. The fourth-order valence-electron chi connectivity index (χ4n) is 2.56. The van der Waals surface area contributed by atoms with Crippen LogP contribution in [0.2, 0.25) is 0 Å². The van der Waals surface area contributed by atoms with Crippen LogP contribution in [0.15, 0.2) is 0 Å². The first-order valence-corrected chi connectivity index (χ1v) is 7.13. The zero-order chi connectivity index (χ0) is 11.8. The average Bonchev–Trinajstić information content (AvgIpc) is 2.34. The molecular formula is C14H29NO.